The summed E-state index contributed by atoms with van der Waals surface area (Å²) in [6, 6.07) is 8.35. The summed E-state index contributed by atoms with van der Waals surface area (Å²) in [4.78, 5) is 14.2. The van der Waals surface area contributed by atoms with Crippen LogP contribution in [0.5, 0.6) is 0 Å². The summed E-state index contributed by atoms with van der Waals surface area (Å²) in [5.41, 5.74) is 7.81. The van der Waals surface area contributed by atoms with Gasteiger partial charge in [-0.1, -0.05) is 25.1 Å². The van der Waals surface area contributed by atoms with Gasteiger partial charge in [-0.15, -0.1) is 0 Å². The second-order valence-corrected chi connectivity index (χ2v) is 6.56. The number of carbonyl (C=O) groups is 1. The van der Waals surface area contributed by atoms with Crippen LogP contribution < -0.4 is 16.0 Å². The number of nitrogens with two attached hydrogens (primary N) is 1. The molecule has 3 N–H and O–H groups in total. The molecule has 0 radical (unpaired) electrons. The predicted octanol–water partition coefficient (Wildman–Crippen LogP) is 2.34. The van der Waals surface area contributed by atoms with Gasteiger partial charge in [0.2, 0.25) is 5.91 Å². The van der Waals surface area contributed by atoms with E-state index >= 15 is 0 Å². The average Bonchev–Trinajstić information content (AvgIpc) is 3.25. The van der Waals surface area contributed by atoms with Crippen molar-refractivity contribution < 1.29 is 4.79 Å². The molecular formula is C16H21N3OS. The second kappa shape index (κ2) is 5.30. The normalized spacial score (nSPS) is 27.9. The number of rotatable bonds is 2. The van der Waals surface area contributed by atoms with E-state index in [1.807, 2.05) is 23.1 Å². The van der Waals surface area contributed by atoms with Gasteiger partial charge in [-0.3, -0.25) is 4.79 Å². The second-order valence-electron chi connectivity index (χ2n) is 6.12. The molecule has 0 unspecified atom stereocenters. The monoisotopic (exact) mass is 303 g/mol. The third kappa shape index (κ3) is 2.50. The van der Waals surface area contributed by atoms with Gasteiger partial charge in [-0.25, -0.2) is 0 Å². The van der Waals surface area contributed by atoms with Gasteiger partial charge in [0.05, 0.1) is 6.04 Å². The van der Waals surface area contributed by atoms with Crippen LogP contribution in [0.25, 0.3) is 0 Å². The Hall–Kier alpha value is -1.62. The summed E-state index contributed by atoms with van der Waals surface area (Å²) < 4.78 is 0. The molecule has 1 saturated carbocycles. The Balaban J connectivity index is 2.09. The van der Waals surface area contributed by atoms with Crippen molar-refractivity contribution in [2.45, 2.75) is 38.8 Å². The fourth-order valence-corrected chi connectivity index (χ4v) is 3.79. The number of carbonyl (C=O) groups excluding carboxylic acids is 1. The molecule has 1 heterocycles. The lowest BCUT2D eigenvalue weighted by Gasteiger charge is -2.45. The Bertz CT molecular complexity index is 585. The molecule has 0 spiro atoms. The Labute approximate surface area is 130 Å². The van der Waals surface area contributed by atoms with Crippen molar-refractivity contribution in [3.8, 4) is 0 Å². The first-order valence-corrected chi connectivity index (χ1v) is 7.86. The van der Waals surface area contributed by atoms with Crippen molar-refractivity contribution in [1.82, 2.24) is 5.32 Å². The molecule has 1 amide bonds. The van der Waals surface area contributed by atoms with Crippen molar-refractivity contribution >= 4 is 28.9 Å². The Kier molecular flexibility index (Phi) is 3.61. The Morgan fingerprint density at radius 2 is 2.05 bits per heavy atom. The summed E-state index contributed by atoms with van der Waals surface area (Å²) in [6.07, 6.45) is 2.39. The molecule has 1 aliphatic heterocycles. The van der Waals surface area contributed by atoms with Gasteiger partial charge in [0.15, 0.2) is 5.11 Å². The maximum absolute atomic E-state index is 12.2. The standard InChI is InChI=1S/C16H21N3OS/c1-9-14(18-16(17)21)12-5-3-4-6-13(12)19(10(2)20)15(9)11-7-8-11/h3-6,9,11,14-15H,7-8H2,1-2H3,(H3,17,18,21)/t9-,14-,15+/m1/s1. The first-order chi connectivity index (χ1) is 10.0. The quantitative estimate of drug-likeness (QED) is 0.823. The van der Waals surface area contributed by atoms with Crippen LogP contribution in [0.3, 0.4) is 0 Å². The van der Waals surface area contributed by atoms with E-state index in [2.05, 4.69) is 18.3 Å². The molecule has 0 aromatic heterocycles. The number of benzene rings is 1. The van der Waals surface area contributed by atoms with Crippen LogP contribution in [-0.4, -0.2) is 17.1 Å². The van der Waals surface area contributed by atoms with Gasteiger partial charge in [-0.05, 0) is 42.6 Å². The number of fused-ring (bicyclic) bond motifs is 1. The first kappa shape index (κ1) is 14.3. The SMILES string of the molecule is CC(=O)N1c2ccccc2[C@H](NC(N)=S)[C@@H](C)[C@H]1C1CC1. The van der Waals surface area contributed by atoms with Gasteiger partial charge >= 0.3 is 0 Å². The van der Waals surface area contributed by atoms with Crippen molar-refractivity contribution in [1.29, 1.82) is 0 Å². The van der Waals surface area contributed by atoms with Crippen molar-refractivity contribution in [3.63, 3.8) is 0 Å². The zero-order valence-corrected chi connectivity index (χ0v) is 13.2. The van der Waals surface area contributed by atoms with Crippen LogP contribution in [0.15, 0.2) is 24.3 Å². The molecule has 1 fully saturated rings. The summed E-state index contributed by atoms with van der Waals surface area (Å²) in [6.45, 7) is 3.84. The number of hydrogen-bond acceptors (Lipinski definition) is 2. The van der Waals surface area contributed by atoms with Crippen LogP contribution in [-0.2, 0) is 4.79 Å². The Morgan fingerprint density at radius 1 is 1.38 bits per heavy atom. The van der Waals surface area contributed by atoms with E-state index < -0.39 is 0 Å². The number of thiocarbonyl (C=S) groups is 1. The summed E-state index contributed by atoms with van der Waals surface area (Å²) >= 11 is 5.05. The van der Waals surface area contributed by atoms with Crippen LogP contribution in [0.4, 0.5) is 5.69 Å². The largest absolute Gasteiger partial charge is 0.376 e. The molecule has 1 aromatic rings. The van der Waals surface area contributed by atoms with Crippen LogP contribution in [0, 0.1) is 11.8 Å². The zero-order chi connectivity index (χ0) is 15.1. The van der Waals surface area contributed by atoms with E-state index in [0.29, 0.717) is 11.0 Å². The number of amides is 1. The van der Waals surface area contributed by atoms with E-state index in [0.717, 1.165) is 11.3 Å². The van der Waals surface area contributed by atoms with Gasteiger partial charge in [0, 0.05) is 24.6 Å². The minimum Gasteiger partial charge on any atom is -0.376 e. The molecule has 1 aliphatic carbocycles. The van der Waals surface area contributed by atoms with Crippen molar-refractivity contribution in [3.05, 3.63) is 29.8 Å². The molecule has 3 atom stereocenters. The number of nitrogens with one attached hydrogen (secondary N) is 1. The van der Waals surface area contributed by atoms with E-state index in [1.54, 1.807) is 6.92 Å². The molecule has 21 heavy (non-hydrogen) atoms. The third-order valence-electron chi connectivity index (χ3n) is 4.64. The Morgan fingerprint density at radius 3 is 2.62 bits per heavy atom. The van der Waals surface area contributed by atoms with Crippen molar-refractivity contribution in [2.24, 2.45) is 17.6 Å². The fourth-order valence-electron chi connectivity index (χ4n) is 3.67. The van der Waals surface area contributed by atoms with E-state index in [-0.39, 0.29) is 23.9 Å². The zero-order valence-electron chi connectivity index (χ0n) is 12.4. The lowest BCUT2D eigenvalue weighted by Crippen LogP contribution is -2.53. The van der Waals surface area contributed by atoms with Gasteiger partial charge < -0.3 is 16.0 Å². The highest BCUT2D eigenvalue weighted by Crippen LogP contribution is 2.48. The topological polar surface area (TPSA) is 58.4 Å². The van der Waals surface area contributed by atoms with Gasteiger partial charge in [0.1, 0.15) is 0 Å². The smallest absolute Gasteiger partial charge is 0.224 e. The minimum absolute atomic E-state index is 0.0694. The maximum atomic E-state index is 12.2. The van der Waals surface area contributed by atoms with E-state index in [4.69, 9.17) is 18.0 Å². The summed E-state index contributed by atoms with van der Waals surface area (Å²) in [5.74, 6) is 0.977. The highest BCUT2D eigenvalue weighted by molar-refractivity contribution is 7.80. The number of nitrogens with zero attached hydrogens (tertiary/aromatic N) is 1. The molecule has 4 nitrogen and oxygen atoms in total. The third-order valence-corrected chi connectivity index (χ3v) is 4.75. The highest BCUT2D eigenvalue weighted by atomic mass is 32.1. The molecule has 0 saturated heterocycles. The molecule has 112 valence electrons. The van der Waals surface area contributed by atoms with Gasteiger partial charge in [-0.2, -0.15) is 0 Å². The predicted molar refractivity (Wildman–Crippen MR) is 87.9 cm³/mol. The molecule has 2 aliphatic rings. The average molecular weight is 303 g/mol. The molecular weight excluding hydrogens is 282 g/mol. The number of anilines is 1. The lowest BCUT2D eigenvalue weighted by atomic mass is 9.80. The van der Waals surface area contributed by atoms with Crippen molar-refractivity contribution in [2.75, 3.05) is 4.90 Å². The fraction of sp³-hybridized carbons (Fsp3) is 0.500. The minimum atomic E-state index is 0.0694. The molecule has 3 rings (SSSR count). The maximum Gasteiger partial charge on any atom is 0.224 e. The number of hydrogen-bond donors (Lipinski definition) is 2. The summed E-state index contributed by atoms with van der Waals surface area (Å²) in [5, 5.41) is 3.54. The molecule has 1 aromatic carbocycles. The molecule has 5 heteroatoms. The highest BCUT2D eigenvalue weighted by Gasteiger charge is 2.47. The number of para-hydroxylation sites is 1. The first-order valence-electron chi connectivity index (χ1n) is 7.45. The lowest BCUT2D eigenvalue weighted by molar-refractivity contribution is -0.117. The van der Waals surface area contributed by atoms with E-state index in [1.165, 1.54) is 12.8 Å². The van der Waals surface area contributed by atoms with Crippen LogP contribution in [0.2, 0.25) is 0 Å². The molecule has 0 bridgehead atoms. The van der Waals surface area contributed by atoms with Crippen LogP contribution >= 0.6 is 12.2 Å². The van der Waals surface area contributed by atoms with Crippen LogP contribution in [0.1, 0.15) is 38.3 Å². The van der Waals surface area contributed by atoms with Gasteiger partial charge in [0.25, 0.3) is 0 Å². The van der Waals surface area contributed by atoms with E-state index in [9.17, 15) is 4.79 Å². The summed E-state index contributed by atoms with van der Waals surface area (Å²) in [7, 11) is 0.